The summed E-state index contributed by atoms with van der Waals surface area (Å²) in [6, 6.07) is 2.90. The molecule has 1 aliphatic heterocycles. The maximum absolute atomic E-state index is 12.9. The van der Waals surface area contributed by atoms with E-state index in [1.807, 2.05) is 6.92 Å². The molecule has 2 rings (SSSR count). The third-order valence-corrected chi connectivity index (χ3v) is 7.03. The largest absolute Gasteiger partial charge is 0.326 e. The molecule has 1 aromatic carbocycles. The highest BCUT2D eigenvalue weighted by atomic mass is 35.5. The Bertz CT molecular complexity index is 634. The van der Waals surface area contributed by atoms with E-state index in [1.54, 1.807) is 0 Å². The number of benzene rings is 1. The second-order valence-electron chi connectivity index (χ2n) is 5.55. The summed E-state index contributed by atoms with van der Waals surface area (Å²) in [6.07, 6.45) is 1.90. The van der Waals surface area contributed by atoms with E-state index >= 15 is 0 Å². The topological polar surface area (TPSA) is 63.4 Å². The minimum absolute atomic E-state index is 0.0446. The standard InChI is InChI=1S/C14H20Cl2N2O2S/c1-9-4-3-5-18(10(9)2)21(19,20)14-6-11(8-17)12(15)7-13(14)16/h6-7,9-10H,3-5,8,17H2,1-2H3. The zero-order valence-electron chi connectivity index (χ0n) is 12.1. The zero-order valence-corrected chi connectivity index (χ0v) is 14.5. The Balaban J connectivity index is 2.49. The first-order valence-electron chi connectivity index (χ1n) is 6.99. The molecule has 0 bridgehead atoms. The maximum atomic E-state index is 12.9. The van der Waals surface area contributed by atoms with E-state index in [9.17, 15) is 8.42 Å². The van der Waals surface area contributed by atoms with Crippen molar-refractivity contribution in [2.24, 2.45) is 11.7 Å². The summed E-state index contributed by atoms with van der Waals surface area (Å²) >= 11 is 12.1. The Morgan fingerprint density at radius 3 is 2.57 bits per heavy atom. The van der Waals surface area contributed by atoms with E-state index in [1.165, 1.54) is 16.4 Å². The normalized spacial score (nSPS) is 24.2. The molecule has 1 saturated heterocycles. The lowest BCUT2D eigenvalue weighted by atomic mass is 9.94. The Morgan fingerprint density at radius 2 is 1.95 bits per heavy atom. The summed E-state index contributed by atoms with van der Waals surface area (Å²) in [5, 5.41) is 0.532. The SMILES string of the molecule is CC1CCCN(S(=O)(=O)c2cc(CN)c(Cl)cc2Cl)C1C. The molecule has 0 aromatic heterocycles. The molecular weight excluding hydrogens is 331 g/mol. The number of piperidine rings is 1. The van der Waals surface area contributed by atoms with Crippen LogP contribution in [0.1, 0.15) is 32.3 Å². The number of nitrogens with two attached hydrogens (primary N) is 1. The monoisotopic (exact) mass is 350 g/mol. The van der Waals surface area contributed by atoms with Gasteiger partial charge in [0.1, 0.15) is 4.90 Å². The molecule has 1 fully saturated rings. The molecule has 4 nitrogen and oxygen atoms in total. The molecule has 0 radical (unpaired) electrons. The van der Waals surface area contributed by atoms with Crippen molar-refractivity contribution in [2.75, 3.05) is 6.54 Å². The molecule has 118 valence electrons. The molecule has 0 spiro atoms. The molecule has 1 heterocycles. The third kappa shape index (κ3) is 3.22. The molecule has 1 aliphatic rings. The van der Waals surface area contributed by atoms with Crippen LogP contribution in [0.2, 0.25) is 10.0 Å². The van der Waals surface area contributed by atoms with Gasteiger partial charge in [0.15, 0.2) is 0 Å². The molecule has 2 atom stereocenters. The second-order valence-corrected chi connectivity index (χ2v) is 8.23. The lowest BCUT2D eigenvalue weighted by molar-refractivity contribution is 0.202. The Hall–Kier alpha value is -0.330. The van der Waals surface area contributed by atoms with Crippen LogP contribution in [0.4, 0.5) is 0 Å². The predicted molar refractivity (Wildman–Crippen MR) is 86.1 cm³/mol. The van der Waals surface area contributed by atoms with E-state index in [0.717, 1.165) is 12.8 Å². The number of halogens is 2. The molecule has 0 aliphatic carbocycles. The van der Waals surface area contributed by atoms with Gasteiger partial charge in [0.05, 0.1) is 5.02 Å². The van der Waals surface area contributed by atoms with Crippen molar-refractivity contribution in [1.29, 1.82) is 0 Å². The summed E-state index contributed by atoms with van der Waals surface area (Å²) < 4.78 is 27.3. The lowest BCUT2D eigenvalue weighted by Crippen LogP contribution is -2.45. The van der Waals surface area contributed by atoms with Crippen molar-refractivity contribution >= 4 is 33.2 Å². The number of hydrogen-bond donors (Lipinski definition) is 1. The van der Waals surface area contributed by atoms with Crippen LogP contribution in [0.5, 0.6) is 0 Å². The van der Waals surface area contributed by atoms with E-state index < -0.39 is 10.0 Å². The number of nitrogens with zero attached hydrogens (tertiary/aromatic N) is 1. The van der Waals surface area contributed by atoms with E-state index in [2.05, 4.69) is 6.92 Å². The van der Waals surface area contributed by atoms with Gasteiger partial charge in [0, 0.05) is 24.2 Å². The van der Waals surface area contributed by atoms with Crippen LogP contribution in [0.3, 0.4) is 0 Å². The van der Waals surface area contributed by atoms with Crippen LogP contribution in [0, 0.1) is 5.92 Å². The van der Waals surface area contributed by atoms with Gasteiger partial charge >= 0.3 is 0 Å². The molecular formula is C14H20Cl2N2O2S. The molecule has 1 aromatic rings. The minimum Gasteiger partial charge on any atom is -0.326 e. The number of hydrogen-bond acceptors (Lipinski definition) is 3. The summed E-state index contributed by atoms with van der Waals surface area (Å²) in [5.74, 6) is 0.327. The van der Waals surface area contributed by atoms with E-state index in [4.69, 9.17) is 28.9 Å². The van der Waals surface area contributed by atoms with E-state index in [-0.39, 0.29) is 22.5 Å². The first-order valence-corrected chi connectivity index (χ1v) is 9.18. The van der Waals surface area contributed by atoms with Crippen LogP contribution >= 0.6 is 23.2 Å². The average molecular weight is 351 g/mol. The van der Waals surface area contributed by atoms with Crippen molar-refractivity contribution in [3.05, 3.63) is 27.7 Å². The zero-order chi connectivity index (χ0) is 15.8. The van der Waals surface area contributed by atoms with Gasteiger partial charge in [0.25, 0.3) is 0 Å². The summed E-state index contributed by atoms with van der Waals surface area (Å²) in [4.78, 5) is 0.0926. The van der Waals surface area contributed by atoms with Crippen molar-refractivity contribution < 1.29 is 8.42 Å². The first-order chi connectivity index (χ1) is 9.78. The van der Waals surface area contributed by atoms with Gasteiger partial charge in [-0.05, 0) is 43.4 Å². The van der Waals surface area contributed by atoms with Crippen LogP contribution in [-0.4, -0.2) is 25.3 Å². The highest BCUT2D eigenvalue weighted by molar-refractivity contribution is 7.89. The fourth-order valence-corrected chi connectivity index (χ4v) is 5.31. The van der Waals surface area contributed by atoms with Gasteiger partial charge < -0.3 is 5.73 Å². The van der Waals surface area contributed by atoms with Crippen LogP contribution in [0.15, 0.2) is 17.0 Å². The van der Waals surface area contributed by atoms with Gasteiger partial charge in [-0.25, -0.2) is 8.42 Å². The fourth-order valence-electron chi connectivity index (χ4n) is 2.69. The van der Waals surface area contributed by atoms with Gasteiger partial charge in [-0.15, -0.1) is 0 Å². The van der Waals surface area contributed by atoms with Crippen LogP contribution in [0.25, 0.3) is 0 Å². The molecule has 2 unspecified atom stereocenters. The Kier molecular flexibility index (Phi) is 5.21. The Labute approximate surface area is 136 Å². The molecule has 21 heavy (non-hydrogen) atoms. The van der Waals surface area contributed by atoms with Gasteiger partial charge in [-0.3, -0.25) is 0 Å². The number of rotatable bonds is 3. The molecule has 0 saturated carbocycles. The van der Waals surface area contributed by atoms with Crippen LogP contribution in [-0.2, 0) is 16.6 Å². The van der Waals surface area contributed by atoms with E-state index in [0.29, 0.717) is 23.0 Å². The van der Waals surface area contributed by atoms with Gasteiger partial charge in [-0.1, -0.05) is 30.1 Å². The van der Waals surface area contributed by atoms with Crippen molar-refractivity contribution in [3.63, 3.8) is 0 Å². The second kappa shape index (κ2) is 6.42. The fraction of sp³-hybridized carbons (Fsp3) is 0.571. The van der Waals surface area contributed by atoms with Crippen molar-refractivity contribution in [2.45, 2.75) is 44.2 Å². The van der Waals surface area contributed by atoms with Crippen molar-refractivity contribution in [3.8, 4) is 0 Å². The lowest BCUT2D eigenvalue weighted by Gasteiger charge is -2.37. The Morgan fingerprint density at radius 1 is 1.29 bits per heavy atom. The quantitative estimate of drug-likeness (QED) is 0.909. The van der Waals surface area contributed by atoms with Gasteiger partial charge in [-0.2, -0.15) is 4.31 Å². The first kappa shape index (κ1) is 17.0. The number of sulfonamides is 1. The highest BCUT2D eigenvalue weighted by Gasteiger charge is 2.35. The highest BCUT2D eigenvalue weighted by Crippen LogP contribution is 2.34. The third-order valence-electron chi connectivity index (χ3n) is 4.22. The molecule has 2 N–H and O–H groups in total. The summed E-state index contributed by atoms with van der Waals surface area (Å²) in [5.41, 5.74) is 6.19. The van der Waals surface area contributed by atoms with Crippen molar-refractivity contribution in [1.82, 2.24) is 4.31 Å². The average Bonchev–Trinajstić information content (AvgIpc) is 2.41. The molecule has 7 heteroatoms. The maximum Gasteiger partial charge on any atom is 0.244 e. The van der Waals surface area contributed by atoms with Gasteiger partial charge in [0.2, 0.25) is 10.0 Å². The summed E-state index contributed by atoms with van der Waals surface area (Å²) in [6.45, 7) is 4.70. The summed E-state index contributed by atoms with van der Waals surface area (Å²) in [7, 11) is -3.64. The minimum atomic E-state index is -3.64. The smallest absolute Gasteiger partial charge is 0.244 e. The van der Waals surface area contributed by atoms with Crippen LogP contribution < -0.4 is 5.73 Å². The molecule has 0 amide bonds. The predicted octanol–water partition coefficient (Wildman–Crippen LogP) is 3.26.